The lowest BCUT2D eigenvalue weighted by Gasteiger charge is -2.38. The van der Waals surface area contributed by atoms with Gasteiger partial charge in [-0.25, -0.2) is 4.79 Å². The summed E-state index contributed by atoms with van der Waals surface area (Å²) < 4.78 is 0. The van der Waals surface area contributed by atoms with E-state index in [-0.39, 0.29) is 6.03 Å². The van der Waals surface area contributed by atoms with Crippen LogP contribution in [-0.2, 0) is 0 Å². The maximum Gasteiger partial charge on any atom is 0.321 e. The van der Waals surface area contributed by atoms with E-state index in [4.69, 9.17) is 0 Å². The SMILES string of the molecule is CCCN1CCC(NC2CCN(c3cccc(N4CCNC4=O)c3)CC2)CC1. The third-order valence-corrected chi connectivity index (χ3v) is 6.46. The fraction of sp³-hybridized carbons (Fsp3) is 0.682. The van der Waals surface area contributed by atoms with Crippen molar-refractivity contribution in [3.05, 3.63) is 24.3 Å². The summed E-state index contributed by atoms with van der Waals surface area (Å²) in [5, 5.41) is 6.82. The lowest BCUT2D eigenvalue weighted by Crippen LogP contribution is -2.50. The predicted octanol–water partition coefficient (Wildman–Crippen LogP) is 2.65. The number of hydrogen-bond donors (Lipinski definition) is 2. The van der Waals surface area contributed by atoms with Crippen molar-refractivity contribution in [3.63, 3.8) is 0 Å². The van der Waals surface area contributed by atoms with Crippen LogP contribution in [0.15, 0.2) is 24.3 Å². The van der Waals surface area contributed by atoms with Crippen LogP contribution in [0.5, 0.6) is 0 Å². The molecule has 0 radical (unpaired) electrons. The number of carbonyl (C=O) groups excluding carboxylic acids is 1. The van der Waals surface area contributed by atoms with E-state index in [1.54, 1.807) is 0 Å². The van der Waals surface area contributed by atoms with Crippen LogP contribution in [0.1, 0.15) is 39.0 Å². The maximum absolute atomic E-state index is 11.9. The quantitative estimate of drug-likeness (QED) is 0.790. The normalized spacial score (nSPS) is 22.7. The summed E-state index contributed by atoms with van der Waals surface area (Å²) in [6, 6.07) is 9.81. The van der Waals surface area contributed by atoms with Crippen molar-refractivity contribution < 1.29 is 4.79 Å². The number of nitrogens with one attached hydrogen (secondary N) is 2. The van der Waals surface area contributed by atoms with Crippen LogP contribution in [0.3, 0.4) is 0 Å². The molecule has 0 atom stereocenters. The third-order valence-electron chi connectivity index (χ3n) is 6.46. The number of hydrogen-bond acceptors (Lipinski definition) is 4. The Labute approximate surface area is 169 Å². The number of urea groups is 1. The van der Waals surface area contributed by atoms with Gasteiger partial charge in [0.1, 0.15) is 0 Å². The van der Waals surface area contributed by atoms with Crippen molar-refractivity contribution in [1.82, 2.24) is 15.5 Å². The zero-order valence-corrected chi connectivity index (χ0v) is 17.2. The van der Waals surface area contributed by atoms with Crippen LogP contribution in [0.25, 0.3) is 0 Å². The van der Waals surface area contributed by atoms with Gasteiger partial charge in [-0.3, -0.25) is 4.90 Å². The topological polar surface area (TPSA) is 50.9 Å². The first-order valence-electron chi connectivity index (χ1n) is 11.1. The molecule has 0 aliphatic carbocycles. The lowest BCUT2D eigenvalue weighted by molar-refractivity contribution is 0.187. The average Bonchev–Trinajstić information content (AvgIpc) is 3.16. The Morgan fingerprint density at radius 3 is 2.32 bits per heavy atom. The molecule has 3 fully saturated rings. The number of rotatable bonds is 6. The molecule has 3 saturated heterocycles. The van der Waals surface area contributed by atoms with E-state index in [0.29, 0.717) is 12.1 Å². The maximum atomic E-state index is 11.9. The van der Waals surface area contributed by atoms with Gasteiger partial charge in [-0.2, -0.15) is 0 Å². The van der Waals surface area contributed by atoms with Crippen molar-refractivity contribution >= 4 is 17.4 Å². The van der Waals surface area contributed by atoms with Crippen LogP contribution in [0.4, 0.5) is 16.2 Å². The molecule has 0 aromatic heterocycles. The predicted molar refractivity (Wildman–Crippen MR) is 115 cm³/mol. The number of anilines is 2. The summed E-state index contributed by atoms with van der Waals surface area (Å²) in [7, 11) is 0. The molecule has 1 aromatic rings. The average molecular weight is 386 g/mol. The highest BCUT2D eigenvalue weighted by atomic mass is 16.2. The first-order chi connectivity index (χ1) is 13.7. The molecule has 0 bridgehead atoms. The first kappa shape index (κ1) is 19.5. The molecule has 6 heteroatoms. The summed E-state index contributed by atoms with van der Waals surface area (Å²) in [6.45, 7) is 9.69. The zero-order valence-electron chi connectivity index (χ0n) is 17.2. The molecule has 0 unspecified atom stereocenters. The Kier molecular flexibility index (Phi) is 6.37. The van der Waals surface area contributed by atoms with E-state index in [1.165, 1.54) is 57.4 Å². The highest BCUT2D eigenvalue weighted by Gasteiger charge is 2.26. The number of nitrogens with zero attached hydrogens (tertiary/aromatic N) is 3. The van der Waals surface area contributed by atoms with Crippen LogP contribution < -0.4 is 20.4 Å². The molecule has 4 rings (SSSR count). The van der Waals surface area contributed by atoms with Crippen LogP contribution in [0.2, 0.25) is 0 Å². The Bertz CT molecular complexity index is 650. The minimum Gasteiger partial charge on any atom is -0.371 e. The van der Waals surface area contributed by atoms with Crippen molar-refractivity contribution in [3.8, 4) is 0 Å². The van der Waals surface area contributed by atoms with E-state index in [1.807, 2.05) is 11.0 Å². The van der Waals surface area contributed by atoms with E-state index in [0.717, 1.165) is 31.9 Å². The summed E-state index contributed by atoms with van der Waals surface area (Å²) in [5.74, 6) is 0. The molecule has 3 aliphatic heterocycles. The first-order valence-corrected chi connectivity index (χ1v) is 11.1. The molecular weight excluding hydrogens is 350 g/mol. The molecule has 2 N–H and O–H groups in total. The number of carbonyl (C=O) groups is 1. The van der Waals surface area contributed by atoms with Crippen molar-refractivity contribution in [2.45, 2.75) is 51.1 Å². The smallest absolute Gasteiger partial charge is 0.321 e. The molecule has 28 heavy (non-hydrogen) atoms. The summed E-state index contributed by atoms with van der Waals surface area (Å²) in [4.78, 5) is 18.9. The molecule has 1 aromatic carbocycles. The Morgan fingerprint density at radius 2 is 1.68 bits per heavy atom. The minimum atomic E-state index is 0.0186. The van der Waals surface area contributed by atoms with Gasteiger partial charge >= 0.3 is 6.03 Å². The summed E-state index contributed by atoms with van der Waals surface area (Å²) in [5.41, 5.74) is 2.25. The van der Waals surface area contributed by atoms with Crippen molar-refractivity contribution in [2.24, 2.45) is 0 Å². The van der Waals surface area contributed by atoms with Crippen LogP contribution in [-0.4, -0.2) is 68.8 Å². The van der Waals surface area contributed by atoms with Gasteiger partial charge in [0.2, 0.25) is 0 Å². The largest absolute Gasteiger partial charge is 0.371 e. The second-order valence-electron chi connectivity index (χ2n) is 8.45. The number of likely N-dealkylation sites (tertiary alicyclic amines) is 1. The van der Waals surface area contributed by atoms with Crippen LogP contribution in [0, 0.1) is 0 Å². The summed E-state index contributed by atoms with van der Waals surface area (Å²) >= 11 is 0. The monoisotopic (exact) mass is 385 g/mol. The van der Waals surface area contributed by atoms with Gasteiger partial charge in [0, 0.05) is 49.6 Å². The van der Waals surface area contributed by atoms with Gasteiger partial charge in [0.25, 0.3) is 0 Å². The van der Waals surface area contributed by atoms with Crippen molar-refractivity contribution in [1.29, 1.82) is 0 Å². The van der Waals surface area contributed by atoms with E-state index in [2.05, 4.69) is 45.6 Å². The van der Waals surface area contributed by atoms with E-state index < -0.39 is 0 Å². The van der Waals surface area contributed by atoms with E-state index in [9.17, 15) is 4.79 Å². The molecular formula is C22H35N5O. The van der Waals surface area contributed by atoms with Crippen molar-refractivity contribution in [2.75, 3.05) is 55.6 Å². The van der Waals surface area contributed by atoms with Gasteiger partial charge in [0.05, 0.1) is 0 Å². The second-order valence-corrected chi connectivity index (χ2v) is 8.45. The highest BCUT2D eigenvalue weighted by Crippen LogP contribution is 2.26. The second kappa shape index (κ2) is 9.14. The third kappa shape index (κ3) is 4.61. The molecule has 154 valence electrons. The van der Waals surface area contributed by atoms with Gasteiger partial charge < -0.3 is 20.4 Å². The van der Waals surface area contributed by atoms with Gasteiger partial charge in [-0.15, -0.1) is 0 Å². The Hall–Kier alpha value is -1.79. The Morgan fingerprint density at radius 1 is 1.00 bits per heavy atom. The molecule has 0 spiro atoms. The number of piperidine rings is 2. The molecule has 0 saturated carbocycles. The molecule has 3 heterocycles. The van der Waals surface area contributed by atoms with Gasteiger partial charge in [-0.05, 0) is 69.9 Å². The minimum absolute atomic E-state index is 0.0186. The lowest BCUT2D eigenvalue weighted by atomic mass is 9.99. The van der Waals surface area contributed by atoms with Gasteiger partial charge in [0.15, 0.2) is 0 Å². The molecule has 2 amide bonds. The Balaban J connectivity index is 1.26. The zero-order chi connectivity index (χ0) is 19.3. The summed E-state index contributed by atoms with van der Waals surface area (Å²) in [6.07, 6.45) is 6.24. The number of benzene rings is 1. The fourth-order valence-corrected chi connectivity index (χ4v) is 4.85. The van der Waals surface area contributed by atoms with E-state index >= 15 is 0 Å². The fourth-order valence-electron chi connectivity index (χ4n) is 4.85. The standard InChI is InChI=1S/C22H35N5O/c1-2-11-25-12-6-18(7-13-25)24-19-8-14-26(15-9-19)20-4-3-5-21(17-20)27-16-10-23-22(27)28/h3-5,17-19,24H,2,6-16H2,1H3,(H,23,28). The number of amides is 2. The molecule has 6 nitrogen and oxygen atoms in total. The van der Waals surface area contributed by atoms with Crippen LogP contribution >= 0.6 is 0 Å². The van der Waals surface area contributed by atoms with Gasteiger partial charge in [-0.1, -0.05) is 13.0 Å². The molecule has 3 aliphatic rings. The highest BCUT2D eigenvalue weighted by molar-refractivity contribution is 5.94.